The quantitative estimate of drug-likeness (QED) is 0.645. The van der Waals surface area contributed by atoms with Crippen molar-refractivity contribution in [2.75, 3.05) is 13.1 Å². The number of carboxylic acid groups (broad SMARTS) is 1. The number of hydrogen-bond acceptors (Lipinski definition) is 3. The summed E-state index contributed by atoms with van der Waals surface area (Å²) in [6.45, 7) is 1.87. The van der Waals surface area contributed by atoms with E-state index in [4.69, 9.17) is 5.11 Å². The highest BCUT2D eigenvalue weighted by atomic mass is 16.4. The Bertz CT molecular complexity index is 329. The number of aromatic carboxylic acids is 1. The van der Waals surface area contributed by atoms with Gasteiger partial charge < -0.3 is 10.4 Å². The van der Waals surface area contributed by atoms with Crippen molar-refractivity contribution in [1.29, 1.82) is 0 Å². The smallest absolute Gasteiger partial charge is 0.354 e. The molecule has 2 rings (SSSR count). The summed E-state index contributed by atoms with van der Waals surface area (Å²) in [4.78, 5) is 10.8. The molecular formula is C9H13N3O2. The molecular weight excluding hydrogens is 182 g/mol. The molecule has 5 heteroatoms. The number of rotatable bonds is 2. The van der Waals surface area contributed by atoms with Gasteiger partial charge in [-0.15, -0.1) is 0 Å². The van der Waals surface area contributed by atoms with E-state index in [1.807, 2.05) is 0 Å². The second kappa shape index (κ2) is 3.79. The van der Waals surface area contributed by atoms with Crippen LogP contribution in [-0.2, 0) is 0 Å². The molecule has 1 unspecified atom stereocenters. The Morgan fingerprint density at radius 1 is 1.64 bits per heavy atom. The second-order valence-electron chi connectivity index (χ2n) is 3.55. The summed E-state index contributed by atoms with van der Waals surface area (Å²) in [6, 6.07) is 0. The van der Waals surface area contributed by atoms with E-state index in [0.29, 0.717) is 0 Å². The normalized spacial score (nSPS) is 22.1. The van der Waals surface area contributed by atoms with E-state index in [1.165, 1.54) is 0 Å². The van der Waals surface area contributed by atoms with Crippen molar-refractivity contribution in [3.8, 4) is 0 Å². The van der Waals surface area contributed by atoms with Crippen molar-refractivity contribution in [1.82, 2.24) is 15.5 Å². The number of carbonyl (C=O) groups is 1. The minimum Gasteiger partial charge on any atom is -0.477 e. The Hall–Kier alpha value is -1.36. The predicted molar refractivity (Wildman–Crippen MR) is 50.4 cm³/mol. The van der Waals surface area contributed by atoms with Crippen molar-refractivity contribution in [3.63, 3.8) is 0 Å². The average molecular weight is 195 g/mol. The monoisotopic (exact) mass is 195 g/mol. The zero-order valence-corrected chi connectivity index (χ0v) is 7.79. The molecule has 0 bridgehead atoms. The first-order valence-corrected chi connectivity index (χ1v) is 4.76. The number of H-pyrrole nitrogens is 1. The number of aromatic amines is 1. The molecule has 1 aliphatic rings. The van der Waals surface area contributed by atoms with Crippen molar-refractivity contribution in [2.24, 2.45) is 0 Å². The summed E-state index contributed by atoms with van der Waals surface area (Å²) in [5, 5.41) is 18.5. The topological polar surface area (TPSA) is 78.0 Å². The van der Waals surface area contributed by atoms with E-state index in [2.05, 4.69) is 15.5 Å². The number of nitrogens with one attached hydrogen (secondary N) is 2. The van der Waals surface area contributed by atoms with Gasteiger partial charge in [0.25, 0.3) is 0 Å². The molecule has 1 aromatic rings. The van der Waals surface area contributed by atoms with Crippen LogP contribution in [0, 0.1) is 0 Å². The molecule has 1 saturated heterocycles. The Kier molecular flexibility index (Phi) is 2.49. The van der Waals surface area contributed by atoms with Crippen LogP contribution in [0.5, 0.6) is 0 Å². The first-order valence-electron chi connectivity index (χ1n) is 4.76. The van der Waals surface area contributed by atoms with Crippen LogP contribution in [0.2, 0.25) is 0 Å². The van der Waals surface area contributed by atoms with E-state index < -0.39 is 5.97 Å². The fraction of sp³-hybridized carbons (Fsp3) is 0.556. The zero-order valence-electron chi connectivity index (χ0n) is 7.79. The van der Waals surface area contributed by atoms with Gasteiger partial charge in [-0.3, -0.25) is 5.10 Å². The van der Waals surface area contributed by atoms with Crippen molar-refractivity contribution in [2.45, 2.75) is 18.8 Å². The number of aromatic nitrogens is 2. The second-order valence-corrected chi connectivity index (χ2v) is 3.55. The lowest BCUT2D eigenvalue weighted by Crippen LogP contribution is -2.29. The van der Waals surface area contributed by atoms with E-state index >= 15 is 0 Å². The lowest BCUT2D eigenvalue weighted by atomic mass is 9.92. The number of nitrogens with zero attached hydrogens (tertiary/aromatic N) is 1. The van der Waals surface area contributed by atoms with Crippen LogP contribution < -0.4 is 5.32 Å². The van der Waals surface area contributed by atoms with E-state index in [9.17, 15) is 4.79 Å². The van der Waals surface area contributed by atoms with Gasteiger partial charge in [0.15, 0.2) is 0 Å². The van der Waals surface area contributed by atoms with E-state index in [1.54, 1.807) is 6.20 Å². The number of piperidine rings is 1. The van der Waals surface area contributed by atoms with Gasteiger partial charge in [-0.25, -0.2) is 4.79 Å². The Morgan fingerprint density at radius 3 is 3.14 bits per heavy atom. The standard InChI is InChI=1S/C9H13N3O2/c13-9(14)8-7(5-11-12-8)6-2-1-3-10-4-6/h5-6,10H,1-4H2,(H,11,12)(H,13,14). The first-order chi connectivity index (χ1) is 6.79. The minimum atomic E-state index is -0.928. The van der Waals surface area contributed by atoms with Gasteiger partial charge in [-0.1, -0.05) is 0 Å². The molecule has 5 nitrogen and oxygen atoms in total. The highest BCUT2D eigenvalue weighted by Gasteiger charge is 2.22. The van der Waals surface area contributed by atoms with Crippen LogP contribution in [0.1, 0.15) is 34.8 Å². The van der Waals surface area contributed by atoms with Crippen LogP contribution in [0.4, 0.5) is 0 Å². The van der Waals surface area contributed by atoms with Gasteiger partial charge in [0.2, 0.25) is 0 Å². The maximum Gasteiger partial charge on any atom is 0.354 e. The first kappa shape index (κ1) is 9.21. The summed E-state index contributed by atoms with van der Waals surface area (Å²) in [5.74, 6) is -0.642. The Morgan fingerprint density at radius 2 is 2.50 bits per heavy atom. The van der Waals surface area contributed by atoms with Crippen LogP contribution in [0.25, 0.3) is 0 Å². The Labute approximate surface area is 81.5 Å². The summed E-state index contributed by atoms with van der Waals surface area (Å²) in [7, 11) is 0. The number of carboxylic acids is 1. The molecule has 1 atom stereocenters. The number of hydrogen-bond donors (Lipinski definition) is 3. The summed E-state index contributed by atoms with van der Waals surface area (Å²) in [5.41, 5.74) is 1.06. The average Bonchev–Trinajstić information content (AvgIpc) is 2.67. The molecule has 14 heavy (non-hydrogen) atoms. The molecule has 3 N–H and O–H groups in total. The molecule has 0 radical (unpaired) electrons. The van der Waals surface area contributed by atoms with Crippen molar-refractivity contribution in [3.05, 3.63) is 17.5 Å². The van der Waals surface area contributed by atoms with Gasteiger partial charge in [0, 0.05) is 18.0 Å². The van der Waals surface area contributed by atoms with Crippen LogP contribution in [-0.4, -0.2) is 34.4 Å². The molecule has 2 heterocycles. The molecule has 1 aromatic heterocycles. The van der Waals surface area contributed by atoms with Crippen molar-refractivity contribution < 1.29 is 9.90 Å². The van der Waals surface area contributed by atoms with Gasteiger partial charge in [-0.2, -0.15) is 5.10 Å². The fourth-order valence-electron chi connectivity index (χ4n) is 1.89. The SMILES string of the molecule is O=C(O)c1[nH]ncc1C1CCCNC1. The highest BCUT2D eigenvalue weighted by molar-refractivity contribution is 5.87. The lowest BCUT2D eigenvalue weighted by Gasteiger charge is -2.21. The van der Waals surface area contributed by atoms with Gasteiger partial charge >= 0.3 is 5.97 Å². The highest BCUT2D eigenvalue weighted by Crippen LogP contribution is 2.24. The third kappa shape index (κ3) is 1.63. The van der Waals surface area contributed by atoms with Crippen LogP contribution in [0.15, 0.2) is 6.20 Å². The molecule has 76 valence electrons. The Balaban J connectivity index is 2.21. The predicted octanol–water partition coefficient (Wildman–Crippen LogP) is 0.575. The third-order valence-electron chi connectivity index (χ3n) is 2.62. The van der Waals surface area contributed by atoms with Crippen LogP contribution >= 0.6 is 0 Å². The fourth-order valence-corrected chi connectivity index (χ4v) is 1.89. The molecule has 0 aliphatic carbocycles. The van der Waals surface area contributed by atoms with E-state index in [0.717, 1.165) is 31.5 Å². The lowest BCUT2D eigenvalue weighted by molar-refractivity contribution is 0.0688. The summed E-state index contributed by atoms with van der Waals surface area (Å²) < 4.78 is 0. The molecule has 0 spiro atoms. The van der Waals surface area contributed by atoms with E-state index in [-0.39, 0.29) is 11.6 Å². The maximum absolute atomic E-state index is 10.8. The largest absolute Gasteiger partial charge is 0.477 e. The molecule has 0 saturated carbocycles. The van der Waals surface area contributed by atoms with Gasteiger partial charge in [-0.05, 0) is 19.4 Å². The van der Waals surface area contributed by atoms with Gasteiger partial charge in [0.05, 0.1) is 6.20 Å². The third-order valence-corrected chi connectivity index (χ3v) is 2.62. The maximum atomic E-state index is 10.8. The van der Waals surface area contributed by atoms with Gasteiger partial charge in [0.1, 0.15) is 5.69 Å². The van der Waals surface area contributed by atoms with Crippen molar-refractivity contribution >= 4 is 5.97 Å². The minimum absolute atomic E-state index is 0.235. The summed E-state index contributed by atoms with van der Waals surface area (Å²) in [6.07, 6.45) is 3.75. The molecule has 0 aromatic carbocycles. The molecule has 1 fully saturated rings. The van der Waals surface area contributed by atoms with Crippen LogP contribution in [0.3, 0.4) is 0 Å². The molecule has 0 amide bonds. The molecule has 1 aliphatic heterocycles. The summed E-state index contributed by atoms with van der Waals surface area (Å²) >= 11 is 0. The zero-order chi connectivity index (χ0) is 9.97.